The third-order valence-electron chi connectivity index (χ3n) is 3.75. The van der Waals surface area contributed by atoms with Gasteiger partial charge in [-0.1, -0.05) is 35.9 Å². The summed E-state index contributed by atoms with van der Waals surface area (Å²) >= 11 is 5.95. The number of benzene rings is 2. The Morgan fingerprint density at radius 1 is 1.08 bits per heavy atom. The largest absolute Gasteiger partial charge is 0.352 e. The van der Waals surface area contributed by atoms with Crippen LogP contribution in [0.4, 0.5) is 15.9 Å². The van der Waals surface area contributed by atoms with E-state index in [-0.39, 0.29) is 11.7 Å². The van der Waals surface area contributed by atoms with Gasteiger partial charge in [0.2, 0.25) is 0 Å². The number of pyridine rings is 1. The quantitative estimate of drug-likeness (QED) is 0.668. The van der Waals surface area contributed by atoms with Crippen molar-refractivity contribution >= 4 is 29.0 Å². The summed E-state index contributed by atoms with van der Waals surface area (Å²) in [7, 11) is 0. The molecule has 1 heterocycles. The first-order valence-electron chi connectivity index (χ1n) is 8.12. The average Bonchev–Trinajstić information content (AvgIpc) is 2.64. The lowest BCUT2D eigenvalue weighted by Gasteiger charge is -2.09. The zero-order valence-corrected chi connectivity index (χ0v) is 14.6. The molecule has 2 aromatic carbocycles. The number of aromatic nitrogens is 1. The van der Waals surface area contributed by atoms with Gasteiger partial charge in [-0.15, -0.1) is 0 Å². The second-order valence-corrected chi connectivity index (χ2v) is 6.11. The molecule has 1 aromatic heterocycles. The van der Waals surface area contributed by atoms with Gasteiger partial charge in [0, 0.05) is 23.3 Å². The van der Waals surface area contributed by atoms with E-state index in [0.29, 0.717) is 35.1 Å². The van der Waals surface area contributed by atoms with E-state index in [1.807, 2.05) is 24.3 Å². The van der Waals surface area contributed by atoms with Crippen molar-refractivity contribution < 1.29 is 9.18 Å². The monoisotopic (exact) mass is 369 g/mol. The Kier molecular flexibility index (Phi) is 5.81. The summed E-state index contributed by atoms with van der Waals surface area (Å²) in [6.07, 6.45) is 2.19. The molecule has 0 unspecified atom stereocenters. The highest BCUT2D eigenvalue weighted by Gasteiger charge is 2.08. The molecule has 0 aliphatic rings. The molecule has 0 saturated carbocycles. The van der Waals surface area contributed by atoms with E-state index in [0.717, 1.165) is 5.56 Å². The maximum atomic E-state index is 13.7. The molecule has 0 aliphatic carbocycles. The van der Waals surface area contributed by atoms with E-state index >= 15 is 0 Å². The number of rotatable bonds is 6. The fraction of sp³-hybridized carbons (Fsp3) is 0.100. The number of halogens is 2. The summed E-state index contributed by atoms with van der Waals surface area (Å²) in [6, 6.07) is 17.0. The van der Waals surface area contributed by atoms with Crippen LogP contribution in [-0.4, -0.2) is 17.4 Å². The summed E-state index contributed by atoms with van der Waals surface area (Å²) in [5.74, 6) is -0.200. The van der Waals surface area contributed by atoms with Crippen molar-refractivity contribution in [2.45, 2.75) is 6.42 Å². The Labute approximate surface area is 156 Å². The van der Waals surface area contributed by atoms with Crippen LogP contribution in [-0.2, 0) is 6.42 Å². The normalized spacial score (nSPS) is 10.4. The fourth-order valence-electron chi connectivity index (χ4n) is 2.46. The van der Waals surface area contributed by atoms with Gasteiger partial charge in [0.25, 0.3) is 5.91 Å². The smallest absolute Gasteiger partial charge is 0.251 e. The Balaban J connectivity index is 1.60. The van der Waals surface area contributed by atoms with Gasteiger partial charge < -0.3 is 10.6 Å². The number of carbonyl (C=O) groups is 1. The highest BCUT2D eigenvalue weighted by molar-refractivity contribution is 6.30. The highest BCUT2D eigenvalue weighted by atomic mass is 35.5. The summed E-state index contributed by atoms with van der Waals surface area (Å²) in [5, 5.41) is 6.41. The molecule has 0 fully saturated rings. The van der Waals surface area contributed by atoms with Crippen molar-refractivity contribution in [2.75, 3.05) is 11.9 Å². The van der Waals surface area contributed by atoms with Crippen LogP contribution >= 0.6 is 11.6 Å². The predicted molar refractivity (Wildman–Crippen MR) is 101 cm³/mol. The molecule has 0 aliphatic heterocycles. The lowest BCUT2D eigenvalue weighted by Crippen LogP contribution is -2.25. The van der Waals surface area contributed by atoms with E-state index < -0.39 is 0 Å². The number of nitrogens with one attached hydrogen (secondary N) is 2. The summed E-state index contributed by atoms with van der Waals surface area (Å²) in [6.45, 7) is 0.484. The van der Waals surface area contributed by atoms with Crippen molar-refractivity contribution in [1.82, 2.24) is 10.3 Å². The number of anilines is 2. The van der Waals surface area contributed by atoms with Gasteiger partial charge in [-0.3, -0.25) is 4.79 Å². The minimum absolute atomic E-state index is 0.217. The van der Waals surface area contributed by atoms with Crippen LogP contribution in [0.3, 0.4) is 0 Å². The van der Waals surface area contributed by atoms with Gasteiger partial charge in [0.1, 0.15) is 11.6 Å². The van der Waals surface area contributed by atoms with Gasteiger partial charge in [0.15, 0.2) is 0 Å². The molecule has 6 heteroatoms. The standard InChI is InChI=1S/C20H17ClFN3O/c21-16-5-3-4-14(12-16)8-10-24-20(26)15-9-11-23-19(13-15)25-18-7-2-1-6-17(18)22/h1-7,9,11-13H,8,10H2,(H,23,25)(H,24,26). The number of carbonyl (C=O) groups excluding carboxylic acids is 1. The molecule has 0 spiro atoms. The van der Waals surface area contributed by atoms with Crippen molar-refractivity contribution in [2.24, 2.45) is 0 Å². The highest BCUT2D eigenvalue weighted by Crippen LogP contribution is 2.18. The predicted octanol–water partition coefficient (Wildman–Crippen LogP) is 4.59. The van der Waals surface area contributed by atoms with E-state index in [1.165, 1.54) is 12.3 Å². The van der Waals surface area contributed by atoms with Crippen LogP contribution in [0.25, 0.3) is 0 Å². The maximum absolute atomic E-state index is 13.7. The van der Waals surface area contributed by atoms with Crippen molar-refractivity contribution in [3.8, 4) is 0 Å². The van der Waals surface area contributed by atoms with Gasteiger partial charge in [-0.2, -0.15) is 0 Å². The van der Waals surface area contributed by atoms with Crippen LogP contribution in [0.15, 0.2) is 66.9 Å². The number of para-hydroxylation sites is 1. The molecule has 1 amide bonds. The molecule has 132 valence electrons. The maximum Gasteiger partial charge on any atom is 0.251 e. The Morgan fingerprint density at radius 2 is 1.92 bits per heavy atom. The zero-order chi connectivity index (χ0) is 18.4. The SMILES string of the molecule is O=C(NCCc1cccc(Cl)c1)c1ccnc(Nc2ccccc2F)c1. The first-order valence-corrected chi connectivity index (χ1v) is 8.50. The number of amides is 1. The molecule has 4 nitrogen and oxygen atoms in total. The molecule has 0 bridgehead atoms. The summed E-state index contributed by atoms with van der Waals surface area (Å²) in [5.41, 5.74) is 1.80. The second kappa shape index (κ2) is 8.45. The number of hydrogen-bond acceptors (Lipinski definition) is 3. The van der Waals surface area contributed by atoms with E-state index in [1.54, 1.807) is 30.3 Å². The van der Waals surface area contributed by atoms with Crippen molar-refractivity contribution in [1.29, 1.82) is 0 Å². The van der Waals surface area contributed by atoms with Crippen molar-refractivity contribution in [3.63, 3.8) is 0 Å². The molecule has 3 rings (SSSR count). The van der Waals surface area contributed by atoms with Gasteiger partial charge in [-0.05, 0) is 48.4 Å². The third kappa shape index (κ3) is 4.80. The second-order valence-electron chi connectivity index (χ2n) is 5.67. The van der Waals surface area contributed by atoms with Crippen LogP contribution in [0, 0.1) is 5.82 Å². The van der Waals surface area contributed by atoms with E-state index in [9.17, 15) is 9.18 Å². The van der Waals surface area contributed by atoms with Crippen LogP contribution in [0.5, 0.6) is 0 Å². The molecule has 3 aromatic rings. The summed E-state index contributed by atoms with van der Waals surface area (Å²) < 4.78 is 13.7. The molecule has 0 radical (unpaired) electrons. The Morgan fingerprint density at radius 3 is 2.73 bits per heavy atom. The van der Waals surface area contributed by atoms with E-state index in [4.69, 9.17) is 11.6 Å². The third-order valence-corrected chi connectivity index (χ3v) is 3.98. The molecule has 2 N–H and O–H groups in total. The fourth-order valence-corrected chi connectivity index (χ4v) is 2.67. The zero-order valence-electron chi connectivity index (χ0n) is 13.9. The number of hydrogen-bond donors (Lipinski definition) is 2. The van der Waals surface area contributed by atoms with E-state index in [2.05, 4.69) is 15.6 Å². The van der Waals surface area contributed by atoms with Gasteiger partial charge >= 0.3 is 0 Å². The summed E-state index contributed by atoms with van der Waals surface area (Å²) in [4.78, 5) is 16.4. The number of nitrogens with zero attached hydrogens (tertiary/aromatic N) is 1. The van der Waals surface area contributed by atoms with Crippen LogP contribution in [0.2, 0.25) is 5.02 Å². The first-order chi connectivity index (χ1) is 12.6. The Hall–Kier alpha value is -2.92. The first kappa shape index (κ1) is 17.9. The molecule has 0 atom stereocenters. The molecular formula is C20H17ClFN3O. The minimum Gasteiger partial charge on any atom is -0.352 e. The minimum atomic E-state index is -0.384. The van der Waals surface area contributed by atoms with Gasteiger partial charge in [-0.25, -0.2) is 9.37 Å². The lowest BCUT2D eigenvalue weighted by molar-refractivity contribution is 0.0954. The molecule has 26 heavy (non-hydrogen) atoms. The van der Waals surface area contributed by atoms with Gasteiger partial charge in [0.05, 0.1) is 5.69 Å². The van der Waals surface area contributed by atoms with Crippen LogP contribution < -0.4 is 10.6 Å². The molecule has 0 saturated heterocycles. The van der Waals surface area contributed by atoms with Crippen molar-refractivity contribution in [3.05, 3.63) is 88.8 Å². The van der Waals surface area contributed by atoms with Crippen LogP contribution in [0.1, 0.15) is 15.9 Å². The topological polar surface area (TPSA) is 54.0 Å². The molecular weight excluding hydrogens is 353 g/mol. The lowest BCUT2D eigenvalue weighted by atomic mass is 10.1. The average molecular weight is 370 g/mol. The Bertz CT molecular complexity index is 917.